The average molecular weight is 225 g/mol. The van der Waals surface area contributed by atoms with E-state index in [9.17, 15) is 13.2 Å². The minimum absolute atomic E-state index is 0.222. The normalized spacial score (nSPS) is 25.5. The molecule has 0 aromatic heterocycles. The van der Waals surface area contributed by atoms with Crippen LogP contribution in [0.1, 0.15) is 6.42 Å². The van der Waals surface area contributed by atoms with Crippen molar-refractivity contribution >= 4 is 5.84 Å². The van der Waals surface area contributed by atoms with Gasteiger partial charge in [0.25, 0.3) is 0 Å². The Kier molecular flexibility index (Phi) is 3.56. The van der Waals surface area contributed by atoms with Gasteiger partial charge in [-0.25, -0.2) is 0 Å². The minimum Gasteiger partial charge on any atom is -0.392 e. The van der Waals surface area contributed by atoms with E-state index in [1.165, 1.54) is 4.90 Å². The third-order valence-electron chi connectivity index (χ3n) is 2.46. The van der Waals surface area contributed by atoms with Crippen molar-refractivity contribution in [1.29, 1.82) is 5.41 Å². The molecule has 2 unspecified atom stereocenters. The van der Waals surface area contributed by atoms with Gasteiger partial charge < -0.3 is 10.8 Å². The number of likely N-dealkylation sites (tertiary alicyclic amines) is 1. The van der Waals surface area contributed by atoms with Crippen molar-refractivity contribution < 1.29 is 18.3 Å². The molecule has 2 atom stereocenters. The molecule has 0 aromatic rings. The summed E-state index contributed by atoms with van der Waals surface area (Å²) in [4.78, 5) is 1.48. The van der Waals surface area contributed by atoms with Gasteiger partial charge in [-0.05, 0) is 6.42 Å². The van der Waals surface area contributed by atoms with Crippen molar-refractivity contribution in [3.63, 3.8) is 0 Å². The molecule has 0 radical (unpaired) electrons. The molecule has 0 saturated carbocycles. The predicted molar refractivity (Wildman–Crippen MR) is 48.5 cm³/mol. The Hall–Kier alpha value is -0.820. The van der Waals surface area contributed by atoms with Crippen LogP contribution in [0.4, 0.5) is 13.2 Å². The molecule has 1 aliphatic heterocycles. The summed E-state index contributed by atoms with van der Waals surface area (Å²) in [7, 11) is 0. The summed E-state index contributed by atoms with van der Waals surface area (Å²) in [6.45, 7) is 0.302. The first-order valence-corrected chi connectivity index (χ1v) is 4.61. The highest BCUT2D eigenvalue weighted by molar-refractivity contribution is 5.80. The molecule has 0 aromatic carbocycles. The molecule has 0 bridgehead atoms. The summed E-state index contributed by atoms with van der Waals surface area (Å²) >= 11 is 0. The third-order valence-corrected chi connectivity index (χ3v) is 2.46. The molecule has 0 aliphatic carbocycles. The molecule has 0 spiro atoms. The van der Waals surface area contributed by atoms with Crippen LogP contribution in [0.3, 0.4) is 0 Å². The van der Waals surface area contributed by atoms with Gasteiger partial charge >= 0.3 is 6.18 Å². The summed E-state index contributed by atoms with van der Waals surface area (Å²) in [6.07, 6.45) is -4.58. The number of nitrogens with zero attached hydrogens (tertiary/aromatic N) is 1. The maximum absolute atomic E-state index is 12.4. The Morgan fingerprint density at radius 3 is 2.53 bits per heavy atom. The minimum atomic E-state index is -4.49. The maximum atomic E-state index is 12.4. The smallest absolute Gasteiger partial charge is 0.392 e. The van der Waals surface area contributed by atoms with E-state index in [2.05, 4.69) is 0 Å². The summed E-state index contributed by atoms with van der Waals surface area (Å²) in [6, 6.07) is 0. The summed E-state index contributed by atoms with van der Waals surface area (Å²) in [5.74, 6) is -2.80. The lowest BCUT2D eigenvalue weighted by molar-refractivity contribution is -0.159. The van der Waals surface area contributed by atoms with Gasteiger partial charge in [0.2, 0.25) is 0 Å². The molecule has 1 aliphatic rings. The number of halogens is 3. The fourth-order valence-electron chi connectivity index (χ4n) is 1.61. The molecule has 1 fully saturated rings. The largest absolute Gasteiger partial charge is 0.399 e. The van der Waals surface area contributed by atoms with Crippen LogP contribution in [0.25, 0.3) is 0 Å². The first-order valence-electron chi connectivity index (χ1n) is 4.61. The Morgan fingerprint density at radius 1 is 1.60 bits per heavy atom. The summed E-state index contributed by atoms with van der Waals surface area (Å²) in [5.41, 5.74) is 4.91. The SMILES string of the molecule is N=C(N)C(CN1CCC(O)C1)C(F)(F)F. The molecule has 4 nitrogen and oxygen atoms in total. The van der Waals surface area contributed by atoms with Crippen molar-refractivity contribution in [3.8, 4) is 0 Å². The highest BCUT2D eigenvalue weighted by Crippen LogP contribution is 2.27. The lowest BCUT2D eigenvalue weighted by Crippen LogP contribution is -2.43. The number of aliphatic hydroxyl groups excluding tert-OH is 1. The van der Waals surface area contributed by atoms with Gasteiger partial charge in [-0.2, -0.15) is 13.2 Å². The van der Waals surface area contributed by atoms with Crippen molar-refractivity contribution in [2.24, 2.45) is 11.7 Å². The topological polar surface area (TPSA) is 73.3 Å². The van der Waals surface area contributed by atoms with Crippen LogP contribution in [0.5, 0.6) is 0 Å². The van der Waals surface area contributed by atoms with Crippen LogP contribution in [0.2, 0.25) is 0 Å². The fraction of sp³-hybridized carbons (Fsp3) is 0.875. The lowest BCUT2D eigenvalue weighted by Gasteiger charge is -2.24. The van der Waals surface area contributed by atoms with Crippen LogP contribution < -0.4 is 5.73 Å². The van der Waals surface area contributed by atoms with E-state index < -0.39 is 24.0 Å². The number of amidine groups is 1. The number of nitrogens with one attached hydrogen (secondary N) is 1. The number of rotatable bonds is 3. The van der Waals surface area contributed by atoms with Gasteiger partial charge in [-0.3, -0.25) is 10.3 Å². The Labute approximate surface area is 85.4 Å². The van der Waals surface area contributed by atoms with Crippen LogP contribution in [-0.2, 0) is 0 Å². The van der Waals surface area contributed by atoms with Crippen LogP contribution >= 0.6 is 0 Å². The van der Waals surface area contributed by atoms with Gasteiger partial charge in [0.15, 0.2) is 0 Å². The van der Waals surface area contributed by atoms with Crippen molar-refractivity contribution in [1.82, 2.24) is 4.90 Å². The standard InChI is InChI=1S/C8H14F3N3O/c9-8(10,11)6(7(12)13)4-14-2-1-5(15)3-14/h5-6,15H,1-4H2,(H3,12,13). The zero-order valence-electron chi connectivity index (χ0n) is 8.09. The van der Waals surface area contributed by atoms with Gasteiger partial charge in [-0.1, -0.05) is 0 Å². The van der Waals surface area contributed by atoms with Crippen molar-refractivity contribution in [3.05, 3.63) is 0 Å². The molecule has 7 heteroatoms. The molecule has 0 amide bonds. The highest BCUT2D eigenvalue weighted by atomic mass is 19.4. The van der Waals surface area contributed by atoms with E-state index in [1.807, 2.05) is 0 Å². The number of aliphatic hydroxyl groups is 1. The van der Waals surface area contributed by atoms with Crippen molar-refractivity contribution in [2.75, 3.05) is 19.6 Å². The van der Waals surface area contributed by atoms with E-state index in [4.69, 9.17) is 16.2 Å². The van der Waals surface area contributed by atoms with Crippen LogP contribution in [-0.4, -0.2) is 47.8 Å². The summed E-state index contributed by atoms with van der Waals surface area (Å²) in [5, 5.41) is 16.0. The van der Waals surface area contributed by atoms with E-state index in [0.29, 0.717) is 13.0 Å². The molecular formula is C8H14F3N3O. The average Bonchev–Trinajstić information content (AvgIpc) is 2.44. The third kappa shape index (κ3) is 3.35. The molecular weight excluding hydrogens is 211 g/mol. The number of β-amino-alcohol motifs (C(OH)–C–C–N with tert-alkyl or cyclic N) is 1. The second-order valence-electron chi connectivity index (χ2n) is 3.75. The Morgan fingerprint density at radius 2 is 2.20 bits per heavy atom. The van der Waals surface area contributed by atoms with Gasteiger partial charge in [0, 0.05) is 19.6 Å². The zero-order valence-corrected chi connectivity index (χ0v) is 8.09. The quantitative estimate of drug-likeness (QED) is 0.473. The number of hydrogen-bond acceptors (Lipinski definition) is 3. The molecule has 1 saturated heterocycles. The van der Waals surface area contributed by atoms with E-state index in [0.717, 1.165) is 0 Å². The van der Waals surface area contributed by atoms with Crippen molar-refractivity contribution in [2.45, 2.75) is 18.7 Å². The Balaban J connectivity index is 2.56. The van der Waals surface area contributed by atoms with E-state index >= 15 is 0 Å². The van der Waals surface area contributed by atoms with Crippen LogP contribution in [0.15, 0.2) is 0 Å². The van der Waals surface area contributed by atoms with E-state index in [-0.39, 0.29) is 13.1 Å². The van der Waals surface area contributed by atoms with Gasteiger partial charge in [-0.15, -0.1) is 0 Å². The molecule has 1 heterocycles. The predicted octanol–water partition coefficient (Wildman–Crippen LogP) is 0.167. The summed E-state index contributed by atoms with van der Waals surface area (Å²) < 4.78 is 37.2. The second kappa shape index (κ2) is 4.36. The van der Waals surface area contributed by atoms with E-state index in [1.54, 1.807) is 0 Å². The first kappa shape index (κ1) is 12.3. The first-order chi connectivity index (χ1) is 6.80. The molecule has 15 heavy (non-hydrogen) atoms. The monoisotopic (exact) mass is 225 g/mol. The molecule has 1 rings (SSSR count). The number of alkyl halides is 3. The Bertz CT molecular complexity index is 244. The lowest BCUT2D eigenvalue weighted by atomic mass is 10.1. The second-order valence-corrected chi connectivity index (χ2v) is 3.75. The molecule has 4 N–H and O–H groups in total. The van der Waals surface area contributed by atoms with Gasteiger partial charge in [0.1, 0.15) is 11.8 Å². The maximum Gasteiger partial charge on any atom is 0.399 e. The zero-order chi connectivity index (χ0) is 11.6. The fourth-order valence-corrected chi connectivity index (χ4v) is 1.61. The van der Waals surface area contributed by atoms with Gasteiger partial charge in [0.05, 0.1) is 6.10 Å². The number of nitrogens with two attached hydrogens (primary N) is 1. The van der Waals surface area contributed by atoms with Crippen LogP contribution in [0, 0.1) is 11.3 Å². The highest BCUT2D eigenvalue weighted by Gasteiger charge is 2.43. The molecule has 88 valence electrons. The number of hydrogen-bond donors (Lipinski definition) is 3.